The van der Waals surface area contributed by atoms with E-state index >= 15 is 0 Å². The van der Waals surface area contributed by atoms with Crippen molar-refractivity contribution < 1.29 is 9.59 Å². The molecule has 1 heterocycles. The fourth-order valence-corrected chi connectivity index (χ4v) is 2.31. The molecule has 1 aliphatic carbocycles. The lowest BCUT2D eigenvalue weighted by Gasteiger charge is -2.22. The normalized spacial score (nSPS) is 16.0. The van der Waals surface area contributed by atoms with Gasteiger partial charge in [-0.1, -0.05) is 19.3 Å². The van der Waals surface area contributed by atoms with Gasteiger partial charge in [-0.2, -0.15) is 5.10 Å². The average molecular weight is 264 g/mol. The van der Waals surface area contributed by atoms with Crippen LogP contribution in [0, 0.1) is 0 Å². The van der Waals surface area contributed by atoms with E-state index in [1.54, 1.807) is 6.07 Å². The van der Waals surface area contributed by atoms with E-state index in [1.165, 1.54) is 25.5 Å². The van der Waals surface area contributed by atoms with Gasteiger partial charge in [0.15, 0.2) is 0 Å². The lowest BCUT2D eigenvalue weighted by molar-refractivity contribution is -0.121. The number of amides is 2. The Bertz CT molecular complexity index is 410. The molecule has 6 heteroatoms. The van der Waals surface area contributed by atoms with Gasteiger partial charge in [0.25, 0.3) is 5.91 Å². The number of carbonyl (C=O) groups excluding carboxylic acids is 2. The van der Waals surface area contributed by atoms with Crippen LogP contribution in [0.4, 0.5) is 0 Å². The maximum atomic E-state index is 11.7. The van der Waals surface area contributed by atoms with E-state index in [2.05, 4.69) is 20.8 Å². The fourth-order valence-electron chi connectivity index (χ4n) is 2.31. The number of H-pyrrole nitrogens is 1. The lowest BCUT2D eigenvalue weighted by atomic mass is 9.95. The first-order chi connectivity index (χ1) is 9.25. The molecule has 0 unspecified atom stereocenters. The van der Waals surface area contributed by atoms with Gasteiger partial charge in [0.05, 0.1) is 0 Å². The second kappa shape index (κ2) is 6.92. The zero-order valence-corrected chi connectivity index (χ0v) is 10.9. The predicted molar refractivity (Wildman–Crippen MR) is 70.6 cm³/mol. The highest BCUT2D eigenvalue weighted by molar-refractivity contribution is 5.92. The first kappa shape index (κ1) is 13.6. The molecule has 2 rings (SSSR count). The SMILES string of the molecule is O=C(CCNC(=O)c1ccn[nH]1)NC1CCCCC1. The third kappa shape index (κ3) is 4.39. The molecule has 3 N–H and O–H groups in total. The number of rotatable bonds is 5. The van der Waals surface area contributed by atoms with Crippen LogP contribution in [-0.4, -0.2) is 34.6 Å². The van der Waals surface area contributed by atoms with E-state index in [-0.39, 0.29) is 11.8 Å². The van der Waals surface area contributed by atoms with E-state index in [9.17, 15) is 9.59 Å². The Labute approximate surface area is 112 Å². The van der Waals surface area contributed by atoms with Crippen LogP contribution in [-0.2, 0) is 4.79 Å². The summed E-state index contributed by atoms with van der Waals surface area (Å²) in [5.74, 6) is -0.222. The number of nitrogens with one attached hydrogen (secondary N) is 3. The minimum absolute atomic E-state index is 0.0109. The second-order valence-corrected chi connectivity index (χ2v) is 4.88. The van der Waals surface area contributed by atoms with Gasteiger partial charge in [-0.25, -0.2) is 0 Å². The number of hydrogen-bond donors (Lipinski definition) is 3. The van der Waals surface area contributed by atoms with Crippen molar-refractivity contribution in [1.29, 1.82) is 0 Å². The summed E-state index contributed by atoms with van der Waals surface area (Å²) >= 11 is 0. The molecule has 0 atom stereocenters. The molecule has 104 valence electrons. The molecule has 0 radical (unpaired) electrons. The highest BCUT2D eigenvalue weighted by Crippen LogP contribution is 2.17. The molecule has 1 saturated carbocycles. The summed E-state index contributed by atoms with van der Waals surface area (Å²) in [5.41, 5.74) is 0.410. The molecule has 1 fully saturated rings. The van der Waals surface area contributed by atoms with Gasteiger partial charge < -0.3 is 10.6 Å². The Morgan fingerprint density at radius 2 is 2.11 bits per heavy atom. The fraction of sp³-hybridized carbons (Fsp3) is 0.615. The minimum Gasteiger partial charge on any atom is -0.353 e. The van der Waals surface area contributed by atoms with Crippen LogP contribution in [0.2, 0.25) is 0 Å². The van der Waals surface area contributed by atoms with Crippen molar-refractivity contribution in [3.05, 3.63) is 18.0 Å². The van der Waals surface area contributed by atoms with Gasteiger partial charge in [-0.05, 0) is 18.9 Å². The van der Waals surface area contributed by atoms with Crippen LogP contribution in [0.3, 0.4) is 0 Å². The maximum absolute atomic E-state index is 11.7. The summed E-state index contributed by atoms with van der Waals surface area (Å²) < 4.78 is 0. The largest absolute Gasteiger partial charge is 0.353 e. The van der Waals surface area contributed by atoms with Gasteiger partial charge in [0.2, 0.25) is 5.91 Å². The van der Waals surface area contributed by atoms with Crippen molar-refractivity contribution in [3.8, 4) is 0 Å². The van der Waals surface area contributed by atoms with Crippen LogP contribution in [0.25, 0.3) is 0 Å². The number of carbonyl (C=O) groups is 2. The Morgan fingerprint density at radius 1 is 1.32 bits per heavy atom. The number of hydrogen-bond acceptors (Lipinski definition) is 3. The molecular weight excluding hydrogens is 244 g/mol. The van der Waals surface area contributed by atoms with Crippen molar-refractivity contribution in [2.45, 2.75) is 44.6 Å². The van der Waals surface area contributed by atoms with Crippen LogP contribution in [0.1, 0.15) is 49.0 Å². The Balaban J connectivity index is 1.62. The van der Waals surface area contributed by atoms with Crippen LogP contribution < -0.4 is 10.6 Å². The first-order valence-electron chi connectivity index (χ1n) is 6.82. The lowest BCUT2D eigenvalue weighted by Crippen LogP contribution is -2.38. The molecule has 2 amide bonds. The van der Waals surface area contributed by atoms with Gasteiger partial charge in [-0.3, -0.25) is 14.7 Å². The zero-order chi connectivity index (χ0) is 13.5. The van der Waals surface area contributed by atoms with Crippen LogP contribution >= 0.6 is 0 Å². The summed E-state index contributed by atoms with van der Waals surface area (Å²) in [7, 11) is 0. The van der Waals surface area contributed by atoms with Crippen molar-refractivity contribution in [3.63, 3.8) is 0 Å². The van der Waals surface area contributed by atoms with Crippen LogP contribution in [0.15, 0.2) is 12.3 Å². The summed E-state index contributed by atoms with van der Waals surface area (Å²) in [4.78, 5) is 23.3. The van der Waals surface area contributed by atoms with Gasteiger partial charge in [0, 0.05) is 25.2 Å². The maximum Gasteiger partial charge on any atom is 0.269 e. The second-order valence-electron chi connectivity index (χ2n) is 4.88. The molecular formula is C13H20N4O2. The van der Waals surface area contributed by atoms with Crippen molar-refractivity contribution in [2.75, 3.05) is 6.54 Å². The third-order valence-corrected chi connectivity index (χ3v) is 3.35. The highest BCUT2D eigenvalue weighted by atomic mass is 16.2. The minimum atomic E-state index is -0.233. The van der Waals surface area contributed by atoms with Crippen molar-refractivity contribution in [1.82, 2.24) is 20.8 Å². The molecule has 19 heavy (non-hydrogen) atoms. The highest BCUT2D eigenvalue weighted by Gasteiger charge is 2.15. The van der Waals surface area contributed by atoms with Gasteiger partial charge >= 0.3 is 0 Å². The topological polar surface area (TPSA) is 86.9 Å². The Kier molecular flexibility index (Phi) is 4.94. The summed E-state index contributed by atoms with van der Waals surface area (Å²) in [6, 6.07) is 1.92. The molecule has 1 aromatic rings. The molecule has 1 aliphatic rings. The van der Waals surface area contributed by atoms with E-state index in [0.717, 1.165) is 12.8 Å². The third-order valence-electron chi connectivity index (χ3n) is 3.35. The molecule has 0 bridgehead atoms. The molecule has 0 spiro atoms. The smallest absolute Gasteiger partial charge is 0.269 e. The molecule has 0 saturated heterocycles. The van der Waals surface area contributed by atoms with E-state index in [1.807, 2.05) is 0 Å². The summed E-state index contributed by atoms with van der Waals surface area (Å²) in [6.45, 7) is 0.344. The van der Waals surface area contributed by atoms with Gasteiger partial charge in [0.1, 0.15) is 5.69 Å². The van der Waals surface area contributed by atoms with Crippen molar-refractivity contribution >= 4 is 11.8 Å². The molecule has 0 aliphatic heterocycles. The zero-order valence-electron chi connectivity index (χ0n) is 10.9. The van der Waals surface area contributed by atoms with E-state index in [4.69, 9.17) is 0 Å². The molecule has 0 aromatic carbocycles. The average Bonchev–Trinajstić information content (AvgIpc) is 2.93. The Hall–Kier alpha value is -1.85. The Morgan fingerprint density at radius 3 is 2.79 bits per heavy atom. The number of nitrogens with zero attached hydrogens (tertiary/aromatic N) is 1. The standard InChI is InChI=1S/C13H20N4O2/c18-12(16-10-4-2-1-3-5-10)7-8-14-13(19)11-6-9-15-17-11/h6,9-10H,1-5,7-8H2,(H,14,19)(H,15,17)(H,16,18). The van der Waals surface area contributed by atoms with Gasteiger partial charge in [-0.15, -0.1) is 0 Å². The summed E-state index contributed by atoms with van der Waals surface area (Å²) in [6.07, 6.45) is 7.65. The number of aromatic amines is 1. The molecule has 1 aromatic heterocycles. The quantitative estimate of drug-likeness (QED) is 0.741. The predicted octanol–water partition coefficient (Wildman–Crippen LogP) is 0.978. The molecule has 6 nitrogen and oxygen atoms in total. The number of aromatic nitrogens is 2. The monoisotopic (exact) mass is 264 g/mol. The summed E-state index contributed by atoms with van der Waals surface area (Å²) in [5, 5.41) is 12.0. The van der Waals surface area contributed by atoms with Crippen molar-refractivity contribution in [2.24, 2.45) is 0 Å². The van der Waals surface area contributed by atoms with E-state index < -0.39 is 0 Å². The van der Waals surface area contributed by atoms with Crippen LogP contribution in [0.5, 0.6) is 0 Å². The first-order valence-corrected chi connectivity index (χ1v) is 6.82. The van der Waals surface area contributed by atoms with E-state index in [0.29, 0.717) is 24.7 Å².